The van der Waals surface area contributed by atoms with Crippen LogP contribution in [0.3, 0.4) is 0 Å². The molecule has 1 atom stereocenters. The first-order valence-corrected chi connectivity index (χ1v) is 9.66. The number of anilines is 1. The van der Waals surface area contributed by atoms with E-state index in [0.717, 1.165) is 52.2 Å². The summed E-state index contributed by atoms with van der Waals surface area (Å²) in [5.74, 6) is 0.903. The molecule has 0 spiro atoms. The number of aromatic nitrogens is 5. The van der Waals surface area contributed by atoms with E-state index in [2.05, 4.69) is 39.2 Å². The molecular formula is C21H26N6O. The van der Waals surface area contributed by atoms with Crippen LogP contribution in [0.15, 0.2) is 36.8 Å². The normalized spacial score (nSPS) is 12.7. The zero-order valence-electron chi connectivity index (χ0n) is 16.8. The number of nitrogens with zero attached hydrogens (tertiary/aromatic N) is 5. The van der Waals surface area contributed by atoms with Gasteiger partial charge in [-0.1, -0.05) is 13.3 Å². The standard InChI is InChI=1S/C21H26N6O/c1-5-7-15(13-28-4)26-12-17(16-8-6-9-23-21(16)26)18-10-19(22-3)27-20(25-18)14(2)11-24-27/h6,8-12,15,22H,5,7,13H2,1-4H3. The van der Waals surface area contributed by atoms with Crippen LogP contribution in [-0.4, -0.2) is 44.9 Å². The van der Waals surface area contributed by atoms with Crippen molar-refractivity contribution < 1.29 is 4.74 Å². The zero-order chi connectivity index (χ0) is 19.7. The molecule has 4 aromatic rings. The van der Waals surface area contributed by atoms with Crippen LogP contribution >= 0.6 is 0 Å². The van der Waals surface area contributed by atoms with Gasteiger partial charge in [0.1, 0.15) is 11.5 Å². The first-order chi connectivity index (χ1) is 13.7. The molecule has 4 rings (SSSR count). The van der Waals surface area contributed by atoms with E-state index in [0.29, 0.717) is 6.61 Å². The molecule has 0 aromatic carbocycles. The lowest BCUT2D eigenvalue weighted by atomic mass is 10.1. The summed E-state index contributed by atoms with van der Waals surface area (Å²) in [5.41, 5.74) is 4.84. The Labute approximate surface area is 164 Å². The van der Waals surface area contributed by atoms with Crippen LogP contribution in [0, 0.1) is 6.92 Å². The molecule has 7 heteroatoms. The lowest BCUT2D eigenvalue weighted by molar-refractivity contribution is 0.152. The van der Waals surface area contributed by atoms with Gasteiger partial charge in [-0.3, -0.25) is 0 Å². The second-order valence-electron chi connectivity index (χ2n) is 7.06. The lowest BCUT2D eigenvalue weighted by Crippen LogP contribution is -2.14. The summed E-state index contributed by atoms with van der Waals surface area (Å²) < 4.78 is 9.56. The van der Waals surface area contributed by atoms with Crippen LogP contribution in [0.5, 0.6) is 0 Å². The van der Waals surface area contributed by atoms with Crippen molar-refractivity contribution in [2.45, 2.75) is 32.7 Å². The van der Waals surface area contributed by atoms with Gasteiger partial charge < -0.3 is 14.6 Å². The Morgan fingerprint density at radius 1 is 1.29 bits per heavy atom. The van der Waals surface area contributed by atoms with Crippen LogP contribution in [0.25, 0.3) is 27.9 Å². The molecule has 7 nitrogen and oxygen atoms in total. The number of ether oxygens (including phenoxy) is 1. The first-order valence-electron chi connectivity index (χ1n) is 9.66. The maximum Gasteiger partial charge on any atom is 0.160 e. The second-order valence-corrected chi connectivity index (χ2v) is 7.06. The molecule has 0 fully saturated rings. The van der Waals surface area contributed by atoms with Gasteiger partial charge in [-0.25, -0.2) is 9.97 Å². The highest BCUT2D eigenvalue weighted by molar-refractivity contribution is 5.93. The van der Waals surface area contributed by atoms with Crippen molar-refractivity contribution in [1.82, 2.24) is 24.1 Å². The summed E-state index contributed by atoms with van der Waals surface area (Å²) in [6.45, 7) is 4.88. The van der Waals surface area contributed by atoms with E-state index in [1.54, 1.807) is 7.11 Å². The first kappa shape index (κ1) is 18.4. The van der Waals surface area contributed by atoms with Gasteiger partial charge in [-0.2, -0.15) is 9.61 Å². The van der Waals surface area contributed by atoms with E-state index in [-0.39, 0.29) is 6.04 Å². The Kier molecular flexibility index (Phi) is 5.00. The fraction of sp³-hybridized carbons (Fsp3) is 0.381. The molecule has 146 valence electrons. The molecule has 28 heavy (non-hydrogen) atoms. The fourth-order valence-electron chi connectivity index (χ4n) is 3.78. The summed E-state index contributed by atoms with van der Waals surface area (Å²) >= 11 is 0. The fourth-order valence-corrected chi connectivity index (χ4v) is 3.78. The largest absolute Gasteiger partial charge is 0.383 e. The Morgan fingerprint density at radius 2 is 2.14 bits per heavy atom. The topological polar surface area (TPSA) is 69.3 Å². The monoisotopic (exact) mass is 378 g/mol. The third-order valence-electron chi connectivity index (χ3n) is 5.14. The molecule has 0 amide bonds. The number of rotatable bonds is 7. The maximum absolute atomic E-state index is 5.49. The molecule has 4 aromatic heterocycles. The maximum atomic E-state index is 5.49. The molecule has 0 saturated carbocycles. The number of aryl methyl sites for hydroxylation is 1. The smallest absolute Gasteiger partial charge is 0.160 e. The molecule has 0 saturated heterocycles. The van der Waals surface area contributed by atoms with Gasteiger partial charge >= 0.3 is 0 Å². The minimum atomic E-state index is 0.241. The lowest BCUT2D eigenvalue weighted by Gasteiger charge is -2.18. The number of hydrogen-bond donors (Lipinski definition) is 1. The summed E-state index contributed by atoms with van der Waals surface area (Å²) in [7, 11) is 3.65. The van der Waals surface area contributed by atoms with Crippen LogP contribution in [0.1, 0.15) is 31.4 Å². The predicted octanol–water partition coefficient (Wildman–Crippen LogP) is 4.08. The van der Waals surface area contributed by atoms with Gasteiger partial charge in [-0.15, -0.1) is 0 Å². The second kappa shape index (κ2) is 7.59. The number of pyridine rings is 1. The van der Waals surface area contributed by atoms with Gasteiger partial charge in [0.25, 0.3) is 0 Å². The van der Waals surface area contributed by atoms with Crippen molar-refractivity contribution in [1.29, 1.82) is 0 Å². The van der Waals surface area contributed by atoms with E-state index in [4.69, 9.17) is 9.72 Å². The SMILES string of the molecule is CCCC(COC)n1cc(-c2cc(NC)n3ncc(C)c3n2)c2cccnc21. The van der Waals surface area contributed by atoms with Gasteiger partial charge in [0.2, 0.25) is 0 Å². The predicted molar refractivity (Wildman–Crippen MR) is 112 cm³/mol. The van der Waals surface area contributed by atoms with Crippen LogP contribution in [0.4, 0.5) is 5.82 Å². The van der Waals surface area contributed by atoms with Crippen LogP contribution in [-0.2, 0) is 4.74 Å². The van der Waals surface area contributed by atoms with Crippen LogP contribution in [0.2, 0.25) is 0 Å². The third kappa shape index (κ3) is 3.01. The number of methoxy groups -OCH3 is 1. The average molecular weight is 378 g/mol. The van der Waals surface area contributed by atoms with E-state index >= 15 is 0 Å². The summed E-state index contributed by atoms with van der Waals surface area (Å²) in [6, 6.07) is 6.36. The number of nitrogens with one attached hydrogen (secondary N) is 1. The highest BCUT2D eigenvalue weighted by atomic mass is 16.5. The van der Waals surface area contributed by atoms with Crippen LogP contribution < -0.4 is 5.32 Å². The van der Waals surface area contributed by atoms with Gasteiger partial charge in [-0.05, 0) is 25.5 Å². The van der Waals surface area contributed by atoms with Crippen molar-refractivity contribution in [2.75, 3.05) is 26.1 Å². The molecular weight excluding hydrogens is 352 g/mol. The summed E-state index contributed by atoms with van der Waals surface area (Å²) in [5, 5.41) is 8.75. The van der Waals surface area contributed by atoms with E-state index in [9.17, 15) is 0 Å². The van der Waals surface area contributed by atoms with Gasteiger partial charge in [0, 0.05) is 49.1 Å². The van der Waals surface area contributed by atoms with Crippen molar-refractivity contribution in [3.63, 3.8) is 0 Å². The molecule has 0 radical (unpaired) electrons. The van der Waals surface area contributed by atoms with E-state index in [1.807, 2.05) is 43.0 Å². The highest BCUT2D eigenvalue weighted by Gasteiger charge is 2.19. The highest BCUT2D eigenvalue weighted by Crippen LogP contribution is 2.33. The van der Waals surface area contributed by atoms with E-state index < -0.39 is 0 Å². The average Bonchev–Trinajstić information content (AvgIpc) is 3.28. The van der Waals surface area contributed by atoms with Gasteiger partial charge in [0.15, 0.2) is 5.65 Å². The van der Waals surface area contributed by atoms with Crippen molar-refractivity contribution in [3.05, 3.63) is 42.4 Å². The minimum Gasteiger partial charge on any atom is -0.383 e. The summed E-state index contributed by atoms with van der Waals surface area (Å²) in [4.78, 5) is 9.59. The molecule has 0 aliphatic rings. The Morgan fingerprint density at radius 3 is 2.89 bits per heavy atom. The zero-order valence-corrected chi connectivity index (χ0v) is 16.8. The molecule has 0 aliphatic carbocycles. The summed E-state index contributed by atoms with van der Waals surface area (Å²) in [6.07, 6.45) is 7.96. The number of hydrogen-bond acceptors (Lipinski definition) is 5. The molecule has 0 aliphatic heterocycles. The molecule has 1 unspecified atom stereocenters. The Balaban J connectivity index is 1.94. The van der Waals surface area contributed by atoms with Gasteiger partial charge in [0.05, 0.1) is 24.5 Å². The third-order valence-corrected chi connectivity index (χ3v) is 5.14. The molecule has 4 heterocycles. The van der Waals surface area contributed by atoms with Crippen molar-refractivity contribution in [3.8, 4) is 11.3 Å². The Hall–Kier alpha value is -2.93. The van der Waals surface area contributed by atoms with Crippen molar-refractivity contribution in [2.24, 2.45) is 0 Å². The quantitative estimate of drug-likeness (QED) is 0.525. The molecule has 0 bridgehead atoms. The number of fused-ring (bicyclic) bond motifs is 2. The molecule has 1 N–H and O–H groups in total. The van der Waals surface area contributed by atoms with Crippen molar-refractivity contribution >= 4 is 22.5 Å². The van der Waals surface area contributed by atoms with E-state index in [1.165, 1.54) is 0 Å². The minimum absolute atomic E-state index is 0.241. The Bertz CT molecular complexity index is 1110.